The molecule has 1 fully saturated rings. The average Bonchev–Trinajstić information content (AvgIpc) is 3.00. The van der Waals surface area contributed by atoms with Crippen molar-refractivity contribution < 1.29 is 14.3 Å². The number of ether oxygens (including phenoxy) is 1. The Morgan fingerprint density at radius 1 is 1.23 bits per heavy atom. The Bertz CT molecular complexity index is 853. The molecule has 0 aromatic heterocycles. The van der Waals surface area contributed by atoms with E-state index >= 15 is 0 Å². The second-order valence-corrected chi connectivity index (χ2v) is 7.02. The number of hydrogen-bond donors (Lipinski definition) is 1. The van der Waals surface area contributed by atoms with Crippen LogP contribution in [0.25, 0.3) is 0 Å². The molecule has 2 aromatic carbocycles. The first-order valence-electron chi connectivity index (χ1n) is 8.10. The van der Waals surface area contributed by atoms with Crippen LogP contribution in [0.3, 0.4) is 0 Å². The van der Waals surface area contributed by atoms with Crippen LogP contribution in [0.1, 0.15) is 12.0 Å². The maximum Gasteiger partial charge on any atom is 0.229 e. The highest BCUT2D eigenvalue weighted by Crippen LogP contribution is 2.37. The lowest BCUT2D eigenvalue weighted by atomic mass is 10.1. The standard InChI is InChI=1S/C19H18Cl2N2O3/c1-11-7-16(17(26-2)9-15(11)21)23-10-12(8-18(23)24)19(25)22-14-5-3-13(20)4-6-14/h3-7,9,12H,8,10H2,1-2H3,(H,22,25). The summed E-state index contributed by atoms with van der Waals surface area (Å²) in [5, 5.41) is 3.98. The van der Waals surface area contributed by atoms with Gasteiger partial charge in [0.05, 0.1) is 18.7 Å². The predicted octanol–water partition coefficient (Wildman–Crippen LogP) is 4.30. The van der Waals surface area contributed by atoms with Crippen LogP contribution in [0.15, 0.2) is 36.4 Å². The summed E-state index contributed by atoms with van der Waals surface area (Å²) in [6.45, 7) is 2.15. The lowest BCUT2D eigenvalue weighted by Gasteiger charge is -2.20. The van der Waals surface area contributed by atoms with E-state index in [2.05, 4.69) is 5.32 Å². The molecule has 2 amide bonds. The molecule has 1 heterocycles. The van der Waals surface area contributed by atoms with E-state index in [1.807, 2.05) is 6.92 Å². The summed E-state index contributed by atoms with van der Waals surface area (Å²) in [6.07, 6.45) is 0.143. The van der Waals surface area contributed by atoms with E-state index in [0.29, 0.717) is 27.2 Å². The fraction of sp³-hybridized carbons (Fsp3) is 0.263. The van der Waals surface area contributed by atoms with E-state index in [4.69, 9.17) is 27.9 Å². The molecule has 0 spiro atoms. The van der Waals surface area contributed by atoms with E-state index in [1.165, 1.54) is 7.11 Å². The third-order valence-corrected chi connectivity index (χ3v) is 5.02. The number of benzene rings is 2. The van der Waals surface area contributed by atoms with Crippen LogP contribution >= 0.6 is 23.2 Å². The molecule has 1 N–H and O–H groups in total. The Hall–Kier alpha value is -2.24. The zero-order valence-electron chi connectivity index (χ0n) is 14.4. The van der Waals surface area contributed by atoms with Gasteiger partial charge in [-0.2, -0.15) is 0 Å². The minimum absolute atomic E-state index is 0.124. The number of nitrogens with one attached hydrogen (secondary N) is 1. The van der Waals surface area contributed by atoms with E-state index < -0.39 is 5.92 Å². The van der Waals surface area contributed by atoms with Crippen LogP contribution in [0, 0.1) is 12.8 Å². The number of rotatable bonds is 4. The molecule has 0 aliphatic carbocycles. The van der Waals surface area contributed by atoms with Crippen LogP contribution in [-0.4, -0.2) is 25.5 Å². The number of hydrogen-bond acceptors (Lipinski definition) is 3. The van der Waals surface area contributed by atoms with Crippen molar-refractivity contribution in [1.29, 1.82) is 0 Å². The Kier molecular flexibility index (Phi) is 5.39. The van der Waals surface area contributed by atoms with E-state index in [0.717, 1.165) is 5.56 Å². The van der Waals surface area contributed by atoms with Crippen molar-refractivity contribution >= 4 is 46.4 Å². The molecule has 3 rings (SSSR count). The van der Waals surface area contributed by atoms with Crippen molar-refractivity contribution in [2.75, 3.05) is 23.9 Å². The van der Waals surface area contributed by atoms with Crippen molar-refractivity contribution in [3.63, 3.8) is 0 Å². The molecule has 7 heteroatoms. The Morgan fingerprint density at radius 2 is 1.92 bits per heavy atom. The van der Waals surface area contributed by atoms with Gasteiger partial charge < -0.3 is 15.0 Å². The number of carbonyl (C=O) groups excluding carboxylic acids is 2. The van der Waals surface area contributed by atoms with Gasteiger partial charge in [-0.15, -0.1) is 0 Å². The second-order valence-electron chi connectivity index (χ2n) is 6.17. The lowest BCUT2D eigenvalue weighted by Crippen LogP contribution is -2.28. The summed E-state index contributed by atoms with van der Waals surface area (Å²) in [6, 6.07) is 10.3. The molecule has 1 atom stereocenters. The molecular formula is C19H18Cl2N2O3. The number of nitrogens with zero attached hydrogens (tertiary/aromatic N) is 1. The summed E-state index contributed by atoms with van der Waals surface area (Å²) in [5.74, 6) is -0.263. The van der Waals surface area contributed by atoms with Gasteiger partial charge in [-0.05, 0) is 42.8 Å². The van der Waals surface area contributed by atoms with Crippen LogP contribution in [0.4, 0.5) is 11.4 Å². The number of aryl methyl sites for hydroxylation is 1. The maximum absolute atomic E-state index is 12.5. The second kappa shape index (κ2) is 7.56. The fourth-order valence-electron chi connectivity index (χ4n) is 2.92. The van der Waals surface area contributed by atoms with Crippen molar-refractivity contribution in [1.82, 2.24) is 0 Å². The van der Waals surface area contributed by atoms with Gasteiger partial charge in [-0.1, -0.05) is 23.2 Å². The highest BCUT2D eigenvalue weighted by atomic mass is 35.5. The lowest BCUT2D eigenvalue weighted by molar-refractivity contribution is -0.122. The summed E-state index contributed by atoms with van der Waals surface area (Å²) < 4.78 is 5.35. The van der Waals surface area contributed by atoms with Gasteiger partial charge in [-0.3, -0.25) is 9.59 Å². The third-order valence-electron chi connectivity index (χ3n) is 4.36. The zero-order valence-corrected chi connectivity index (χ0v) is 15.9. The summed E-state index contributed by atoms with van der Waals surface area (Å²) in [5.41, 5.74) is 2.11. The average molecular weight is 393 g/mol. The molecule has 1 aliphatic rings. The first kappa shape index (κ1) is 18.5. The van der Waals surface area contributed by atoms with Crippen LogP contribution in [-0.2, 0) is 9.59 Å². The van der Waals surface area contributed by atoms with Gasteiger partial charge in [0.25, 0.3) is 0 Å². The summed E-state index contributed by atoms with van der Waals surface area (Å²) >= 11 is 12.0. The molecule has 26 heavy (non-hydrogen) atoms. The quantitative estimate of drug-likeness (QED) is 0.843. The molecule has 1 aliphatic heterocycles. The molecular weight excluding hydrogens is 375 g/mol. The highest BCUT2D eigenvalue weighted by Gasteiger charge is 2.36. The number of methoxy groups -OCH3 is 1. The smallest absolute Gasteiger partial charge is 0.229 e. The molecule has 1 unspecified atom stereocenters. The fourth-order valence-corrected chi connectivity index (χ4v) is 3.20. The SMILES string of the molecule is COc1cc(Cl)c(C)cc1N1CC(C(=O)Nc2ccc(Cl)cc2)CC1=O. The van der Waals surface area contributed by atoms with Gasteiger partial charge in [0, 0.05) is 34.8 Å². The molecule has 1 saturated heterocycles. The summed E-state index contributed by atoms with van der Waals surface area (Å²) in [4.78, 5) is 26.6. The molecule has 136 valence electrons. The number of halogens is 2. The first-order valence-corrected chi connectivity index (χ1v) is 8.85. The zero-order chi connectivity index (χ0) is 18.8. The molecule has 0 bridgehead atoms. The predicted molar refractivity (Wildman–Crippen MR) is 103 cm³/mol. The maximum atomic E-state index is 12.5. The molecule has 0 saturated carbocycles. The van der Waals surface area contributed by atoms with E-state index in [9.17, 15) is 9.59 Å². The van der Waals surface area contributed by atoms with Crippen molar-refractivity contribution in [2.24, 2.45) is 5.92 Å². The van der Waals surface area contributed by atoms with Crippen LogP contribution in [0.2, 0.25) is 10.0 Å². The Morgan fingerprint density at radius 3 is 2.58 bits per heavy atom. The highest BCUT2D eigenvalue weighted by molar-refractivity contribution is 6.31. The van der Waals surface area contributed by atoms with Gasteiger partial charge in [-0.25, -0.2) is 0 Å². The molecule has 0 radical (unpaired) electrons. The van der Waals surface area contributed by atoms with Gasteiger partial charge >= 0.3 is 0 Å². The molecule has 5 nitrogen and oxygen atoms in total. The van der Waals surface area contributed by atoms with Crippen molar-refractivity contribution in [3.05, 3.63) is 52.0 Å². The topological polar surface area (TPSA) is 58.6 Å². The monoisotopic (exact) mass is 392 g/mol. The molecule has 2 aromatic rings. The van der Waals surface area contributed by atoms with Crippen molar-refractivity contribution in [3.8, 4) is 5.75 Å². The van der Waals surface area contributed by atoms with E-state index in [1.54, 1.807) is 41.3 Å². The van der Waals surface area contributed by atoms with Crippen LogP contribution in [0.5, 0.6) is 5.75 Å². The van der Waals surface area contributed by atoms with Gasteiger partial charge in [0.2, 0.25) is 11.8 Å². The summed E-state index contributed by atoms with van der Waals surface area (Å²) in [7, 11) is 1.52. The normalized spacial score (nSPS) is 16.7. The van der Waals surface area contributed by atoms with E-state index in [-0.39, 0.29) is 24.8 Å². The first-order chi connectivity index (χ1) is 12.4. The van der Waals surface area contributed by atoms with Crippen molar-refractivity contribution in [2.45, 2.75) is 13.3 Å². The minimum Gasteiger partial charge on any atom is -0.495 e. The Labute approximate surface area is 161 Å². The van der Waals surface area contributed by atoms with Gasteiger partial charge in [0.1, 0.15) is 5.75 Å². The minimum atomic E-state index is -0.445. The number of amides is 2. The Balaban J connectivity index is 1.77. The largest absolute Gasteiger partial charge is 0.495 e. The number of anilines is 2. The number of carbonyl (C=O) groups is 2. The van der Waals surface area contributed by atoms with Crippen LogP contribution < -0.4 is 15.0 Å². The van der Waals surface area contributed by atoms with Gasteiger partial charge in [0.15, 0.2) is 0 Å². The third kappa shape index (κ3) is 3.79.